The summed E-state index contributed by atoms with van der Waals surface area (Å²) >= 11 is 5.32. The Balaban J connectivity index is 0.000000114. The third-order valence-corrected chi connectivity index (χ3v) is 32.2. The molecule has 8 aromatic heterocycles. The molecule has 0 saturated carbocycles. The Bertz CT molecular complexity index is 6100. The van der Waals surface area contributed by atoms with Crippen molar-refractivity contribution in [1.82, 2.24) is 41.2 Å². The quantitative estimate of drug-likeness (QED) is 0.0482. The number of thiophene rings is 4. The topological polar surface area (TPSA) is 437 Å². The van der Waals surface area contributed by atoms with Gasteiger partial charge in [0.25, 0.3) is 23.6 Å². The van der Waals surface area contributed by atoms with Crippen molar-refractivity contribution >= 4 is 155 Å². The van der Waals surface area contributed by atoms with E-state index in [1.165, 1.54) is 45.3 Å². The van der Waals surface area contributed by atoms with Crippen molar-refractivity contribution in [2.24, 2.45) is 23.1 Å². The number of methoxy groups -OCH3 is 2. The second-order valence-electron chi connectivity index (χ2n) is 36.6. The molecule has 31 nitrogen and oxygen atoms in total. The Morgan fingerprint density at radius 2 is 0.712 bits per heavy atom. The smallest absolute Gasteiger partial charge is 0.263 e. The SMILES string of the molecule is CO[C@@H]1CN(c2ccc3c(c2)OC[C@H](NC(=O)c2sc4nc(C)ccc4c2N)C3)[C@H](C)[C@H]1C.CO[C@H]1[C@@H](C)N(c2ccc3c(c2)OC[C@H](NC(=O)c2sc4nc(C)ccc4c2N)C3)C[C@@H]1N.Cc1ccc2c(N)c(C(=O)N[C@H]3COc4cc(N5CC6(C5)OCC[C@@H]6N)ccc4C3)sc2n1.Cc1ccc2c(N)c(C(=O)N[C@H]3COc4cc(N5CC6(C5)OCC[C@H]6N)ccc4C3)sc2n1. The number of nitrogens with two attached hydrogens (primary N) is 7. The monoisotopic (exact) mass is 1860 g/mol. The molecule has 6 fully saturated rings. The fourth-order valence-corrected chi connectivity index (χ4v) is 24.0. The lowest BCUT2D eigenvalue weighted by Gasteiger charge is -2.50. The molecule has 0 bridgehead atoms. The number of nitrogens with zero attached hydrogens (tertiary/aromatic N) is 8. The van der Waals surface area contributed by atoms with Gasteiger partial charge in [-0.1, -0.05) is 31.2 Å². The summed E-state index contributed by atoms with van der Waals surface area (Å²) in [6.07, 6.45) is 4.92. The van der Waals surface area contributed by atoms with Crippen LogP contribution in [0.25, 0.3) is 40.9 Å². The fraction of sp³-hybridized carbons (Fsp3) is 0.423. The lowest BCUT2D eigenvalue weighted by molar-refractivity contribution is -0.0265. The number of rotatable bonds is 14. The summed E-state index contributed by atoms with van der Waals surface area (Å²) in [5.41, 5.74) is 57.7. The van der Waals surface area contributed by atoms with Crippen LogP contribution in [0.4, 0.5) is 45.5 Å². The first-order valence-electron chi connectivity index (χ1n) is 45.1. The number of aryl methyl sites for hydroxylation is 4. The van der Waals surface area contributed by atoms with Crippen molar-refractivity contribution in [1.29, 1.82) is 0 Å². The molecule has 0 aliphatic carbocycles. The number of aromatic nitrogens is 4. The number of carbonyl (C=O) groups excluding carboxylic acids is 4. The molecule has 12 aromatic rings. The van der Waals surface area contributed by atoms with Crippen LogP contribution in [0.2, 0.25) is 0 Å². The summed E-state index contributed by atoms with van der Waals surface area (Å²) < 4.78 is 47.3. The molecule has 10 aliphatic rings. The van der Waals surface area contributed by atoms with Crippen LogP contribution in [-0.2, 0) is 44.6 Å². The van der Waals surface area contributed by atoms with Crippen LogP contribution in [0.15, 0.2) is 121 Å². The number of anilines is 8. The van der Waals surface area contributed by atoms with Crippen molar-refractivity contribution in [3.05, 3.63) is 186 Å². The van der Waals surface area contributed by atoms with Gasteiger partial charge in [0.2, 0.25) is 0 Å². The number of nitrogen functional groups attached to an aromatic ring is 4. The van der Waals surface area contributed by atoms with Gasteiger partial charge < -0.3 is 119 Å². The number of carbonyl (C=O) groups is 4. The van der Waals surface area contributed by atoms with Gasteiger partial charge in [0.15, 0.2) is 0 Å². The minimum Gasteiger partial charge on any atom is -0.491 e. The maximum absolute atomic E-state index is 13.0. The Hall–Kier alpha value is -11.5. The van der Waals surface area contributed by atoms with Gasteiger partial charge in [0.05, 0.1) is 97.4 Å². The fourth-order valence-electron chi connectivity index (χ4n) is 19.8. The van der Waals surface area contributed by atoms with Gasteiger partial charge in [-0.25, -0.2) is 19.9 Å². The van der Waals surface area contributed by atoms with Gasteiger partial charge in [-0.2, -0.15) is 0 Å². The predicted molar refractivity (Wildman–Crippen MR) is 522 cm³/mol. The highest BCUT2D eigenvalue weighted by molar-refractivity contribution is 7.22. The van der Waals surface area contributed by atoms with Crippen LogP contribution >= 0.6 is 45.3 Å². The van der Waals surface area contributed by atoms with E-state index >= 15 is 0 Å². The van der Waals surface area contributed by atoms with Crippen LogP contribution < -0.4 is 99.9 Å². The molecule has 132 heavy (non-hydrogen) atoms. The van der Waals surface area contributed by atoms with Crippen molar-refractivity contribution in [2.75, 3.05) is 136 Å². The average molecular weight is 1870 g/mol. The maximum atomic E-state index is 13.0. The largest absolute Gasteiger partial charge is 0.491 e. The van der Waals surface area contributed by atoms with E-state index in [0.717, 1.165) is 203 Å². The average Bonchev–Trinajstić information content (AvgIpc) is 1.60. The summed E-state index contributed by atoms with van der Waals surface area (Å²) in [5, 5.41) is 15.7. The first-order chi connectivity index (χ1) is 63.5. The molecular formula is C97H113N19O12S4. The first-order valence-corrected chi connectivity index (χ1v) is 48.3. The minimum absolute atomic E-state index is 0.00185. The van der Waals surface area contributed by atoms with Gasteiger partial charge in [-0.3, -0.25) is 19.2 Å². The number of hydrogen-bond donors (Lipinski definition) is 11. The highest BCUT2D eigenvalue weighted by atomic mass is 32.1. The van der Waals surface area contributed by atoms with E-state index in [9.17, 15) is 19.2 Å². The van der Waals surface area contributed by atoms with Crippen molar-refractivity contribution < 1.29 is 57.1 Å². The van der Waals surface area contributed by atoms with Crippen LogP contribution in [0.5, 0.6) is 23.0 Å². The molecule has 6 saturated heterocycles. The number of hydrogen-bond acceptors (Lipinski definition) is 31. The number of benzene rings is 4. The standard InChI is InChI=1S/C25H30N4O3S.2C24H27N5O3S.C24H29N5O3S/c1-13-5-8-19-22(26)23(33-25(19)27-13)24(30)28-17-9-16-6-7-18(10-20(16)32-12-17)29-11-21(31-4)14(2)15(29)3;2*1-13-2-5-17-20(26)21(33-23(17)27-13)22(30)28-15-8-14-3-4-16(9-18(14)31-10-15)29-11-24(12-29)19(25)6-7-32-24;1-12-4-7-17-20(26)22(33-24(17)27-12)23(30)28-15-8-14-5-6-16(9-19(14)32-11-15)29-10-18(25)21(31-3)13(29)2/h5-8,10,14-15,17,21H,9,11-12,26H2,1-4H3,(H,28,30);2*2-5,9,15,19H,6-8,10-12,25-26H2,1H3,(H,28,30);4-7,9,13,15,18,21H,8,10-11,25-26H2,1-3H3,(H,28,30)/t14-,15-,17-,21-;15-,19+;15-,19-;13-,15-,18+,21+/m1111/s1. The number of ether oxygens (including phenoxy) is 8. The van der Waals surface area contributed by atoms with E-state index in [2.05, 4.69) is 154 Å². The summed E-state index contributed by atoms with van der Waals surface area (Å²) in [6.45, 7) is 22.4. The van der Waals surface area contributed by atoms with Crippen LogP contribution in [0, 0.1) is 33.6 Å². The van der Waals surface area contributed by atoms with E-state index in [1.807, 2.05) is 76.2 Å². The van der Waals surface area contributed by atoms with E-state index in [0.29, 0.717) is 99.9 Å². The lowest BCUT2D eigenvalue weighted by Crippen LogP contribution is -2.68. The normalized spacial score (nSPS) is 23.9. The molecule has 35 heteroatoms. The van der Waals surface area contributed by atoms with Gasteiger partial charge >= 0.3 is 0 Å². The molecule has 0 unspecified atom stereocenters. The molecule has 18 N–H and O–H groups in total. The molecule has 22 rings (SSSR count). The summed E-state index contributed by atoms with van der Waals surface area (Å²) in [5.74, 6) is 3.22. The van der Waals surface area contributed by atoms with Crippen molar-refractivity contribution in [2.45, 2.75) is 165 Å². The minimum atomic E-state index is -0.188. The Morgan fingerprint density at radius 3 is 0.992 bits per heavy atom. The highest BCUT2D eigenvalue weighted by Crippen LogP contribution is 2.46. The number of fused-ring (bicyclic) bond motifs is 8. The molecule has 692 valence electrons. The van der Waals surface area contributed by atoms with E-state index < -0.39 is 0 Å². The maximum Gasteiger partial charge on any atom is 0.263 e. The highest BCUT2D eigenvalue weighted by Gasteiger charge is 2.54. The molecule has 4 amide bonds. The van der Waals surface area contributed by atoms with E-state index in [1.54, 1.807) is 14.2 Å². The molecule has 10 aliphatic heterocycles. The van der Waals surface area contributed by atoms with E-state index in [4.69, 9.17) is 78.0 Å². The zero-order chi connectivity index (χ0) is 92.0. The van der Waals surface area contributed by atoms with Gasteiger partial charge in [-0.05, 0) is 175 Å². The zero-order valence-corrected chi connectivity index (χ0v) is 78.6. The number of amides is 4. The third-order valence-electron chi connectivity index (χ3n) is 27.7. The molecular weight excluding hydrogens is 1750 g/mol. The summed E-state index contributed by atoms with van der Waals surface area (Å²) in [6, 6.07) is 40.8. The van der Waals surface area contributed by atoms with Crippen molar-refractivity contribution in [3.63, 3.8) is 0 Å². The van der Waals surface area contributed by atoms with Gasteiger partial charge in [-0.15, -0.1) is 45.3 Å². The van der Waals surface area contributed by atoms with Crippen molar-refractivity contribution in [3.8, 4) is 23.0 Å². The summed E-state index contributed by atoms with van der Waals surface area (Å²) in [4.78, 5) is 84.2. The van der Waals surface area contributed by atoms with E-state index in [-0.39, 0.29) is 95.4 Å². The Labute approximate surface area is 781 Å². The Kier molecular flexibility index (Phi) is 24.8. The number of nitrogens with one attached hydrogen (secondary N) is 4. The summed E-state index contributed by atoms with van der Waals surface area (Å²) in [7, 11) is 3.49. The zero-order valence-electron chi connectivity index (χ0n) is 75.4. The second kappa shape index (κ2) is 36.5. The lowest BCUT2D eigenvalue weighted by atomic mass is 9.86. The molecule has 4 aromatic carbocycles. The molecule has 2 spiro atoms. The number of pyridine rings is 4. The van der Waals surface area contributed by atoms with Crippen LogP contribution in [0.1, 0.15) is 117 Å². The third kappa shape index (κ3) is 17.4. The molecule has 12 atom stereocenters. The first kappa shape index (κ1) is 89.7. The van der Waals surface area contributed by atoms with Crippen LogP contribution in [-0.4, -0.2) is 214 Å². The van der Waals surface area contributed by atoms with Gasteiger partial charge in [0.1, 0.15) is 99.5 Å². The van der Waals surface area contributed by atoms with Gasteiger partial charge in [0, 0.05) is 156 Å². The second-order valence-corrected chi connectivity index (χ2v) is 40.6. The Morgan fingerprint density at radius 1 is 0.409 bits per heavy atom. The molecule has 18 heterocycles. The molecule has 0 radical (unpaired) electrons. The predicted octanol–water partition coefficient (Wildman–Crippen LogP) is 10.7. The van der Waals surface area contributed by atoms with Crippen LogP contribution in [0.3, 0.4) is 0 Å².